The van der Waals surface area contributed by atoms with Crippen LogP contribution in [0.15, 0.2) is 17.4 Å². The lowest BCUT2D eigenvalue weighted by atomic mass is 9.87. The number of rotatable bonds is 2. The molecule has 4 N–H and O–H groups in total. The Morgan fingerprint density at radius 3 is 2.90 bits per heavy atom. The van der Waals surface area contributed by atoms with E-state index in [-0.39, 0.29) is 17.7 Å². The van der Waals surface area contributed by atoms with E-state index in [2.05, 4.69) is 15.0 Å². The lowest BCUT2D eigenvalue weighted by Crippen LogP contribution is -2.36. The number of fused-ring (bicyclic) bond motifs is 1. The first kappa shape index (κ1) is 13.2. The van der Waals surface area contributed by atoms with Crippen molar-refractivity contribution < 1.29 is 15.3 Å². The number of aliphatic hydroxyl groups excluding tert-OH is 3. The van der Waals surface area contributed by atoms with Gasteiger partial charge in [0.25, 0.3) is 5.56 Å². The molecule has 4 atom stereocenters. The Morgan fingerprint density at radius 2 is 2.25 bits per heavy atom. The Labute approximate surface area is 113 Å². The fraction of sp³-hybridized carbons (Fsp3) is 0.583. The van der Waals surface area contributed by atoms with E-state index in [1.54, 1.807) is 11.5 Å². The third-order valence-corrected chi connectivity index (χ3v) is 4.19. The van der Waals surface area contributed by atoms with Gasteiger partial charge in [-0.05, 0) is 6.42 Å². The van der Waals surface area contributed by atoms with Crippen molar-refractivity contribution in [1.82, 2.24) is 19.5 Å². The topological polar surface area (TPSA) is 124 Å². The highest BCUT2D eigenvalue weighted by Crippen LogP contribution is 2.44. The van der Waals surface area contributed by atoms with Gasteiger partial charge in [-0.2, -0.15) is 0 Å². The van der Waals surface area contributed by atoms with Gasteiger partial charge < -0.3 is 24.9 Å². The van der Waals surface area contributed by atoms with Crippen molar-refractivity contribution in [3.8, 4) is 0 Å². The Hall–Kier alpha value is -1.77. The Balaban J connectivity index is 2.09. The predicted octanol–water partition coefficient (Wildman–Crippen LogP) is -1.22. The van der Waals surface area contributed by atoms with Crippen LogP contribution in [0.3, 0.4) is 0 Å². The summed E-state index contributed by atoms with van der Waals surface area (Å²) in [6, 6.07) is -0.485. The molecule has 2 aromatic heterocycles. The highest BCUT2D eigenvalue weighted by Gasteiger charge is 2.50. The van der Waals surface area contributed by atoms with Gasteiger partial charge in [0.2, 0.25) is 0 Å². The monoisotopic (exact) mass is 280 g/mol. The number of nitrogens with one attached hydrogen (secondary N) is 1. The van der Waals surface area contributed by atoms with Crippen molar-refractivity contribution in [2.45, 2.75) is 31.6 Å². The summed E-state index contributed by atoms with van der Waals surface area (Å²) in [5, 5.41) is 29.7. The zero-order chi connectivity index (χ0) is 14.5. The molecule has 0 aromatic carbocycles. The van der Waals surface area contributed by atoms with E-state index in [1.807, 2.05) is 0 Å². The molecule has 0 unspecified atom stereocenters. The molecule has 0 spiro atoms. The molecule has 0 saturated heterocycles. The average molecular weight is 280 g/mol. The molecular weight excluding hydrogens is 264 g/mol. The lowest BCUT2D eigenvalue weighted by Gasteiger charge is -2.25. The number of nitrogens with zero attached hydrogens (tertiary/aromatic N) is 3. The molecule has 0 bridgehead atoms. The number of imidazole rings is 1. The van der Waals surface area contributed by atoms with Crippen LogP contribution in [0.2, 0.25) is 0 Å². The third kappa shape index (κ3) is 1.69. The summed E-state index contributed by atoms with van der Waals surface area (Å²) < 4.78 is 1.58. The van der Waals surface area contributed by atoms with Crippen LogP contribution < -0.4 is 5.56 Å². The van der Waals surface area contributed by atoms with Crippen LogP contribution in [-0.2, 0) is 0 Å². The van der Waals surface area contributed by atoms with Crippen LogP contribution in [0.5, 0.6) is 0 Å². The maximum absolute atomic E-state index is 11.6. The van der Waals surface area contributed by atoms with Gasteiger partial charge >= 0.3 is 0 Å². The van der Waals surface area contributed by atoms with Gasteiger partial charge in [0, 0.05) is 5.41 Å². The largest absolute Gasteiger partial charge is 0.396 e. The van der Waals surface area contributed by atoms with Crippen LogP contribution in [0, 0.1) is 5.41 Å². The van der Waals surface area contributed by atoms with Crippen molar-refractivity contribution in [3.05, 3.63) is 23.0 Å². The molecule has 2 aromatic rings. The molecule has 1 fully saturated rings. The summed E-state index contributed by atoms with van der Waals surface area (Å²) in [6.45, 7) is 1.47. The molecule has 8 heteroatoms. The van der Waals surface area contributed by atoms with E-state index in [0.717, 1.165) is 0 Å². The number of hydrogen-bond acceptors (Lipinski definition) is 6. The van der Waals surface area contributed by atoms with Crippen molar-refractivity contribution in [2.75, 3.05) is 6.61 Å². The second kappa shape index (κ2) is 4.37. The fourth-order valence-corrected chi connectivity index (χ4v) is 2.87. The van der Waals surface area contributed by atoms with E-state index < -0.39 is 23.7 Å². The van der Waals surface area contributed by atoms with Gasteiger partial charge in [-0.1, -0.05) is 6.92 Å². The van der Waals surface area contributed by atoms with Crippen molar-refractivity contribution in [3.63, 3.8) is 0 Å². The first-order chi connectivity index (χ1) is 9.48. The van der Waals surface area contributed by atoms with E-state index in [9.17, 15) is 20.1 Å². The summed E-state index contributed by atoms with van der Waals surface area (Å²) in [7, 11) is 0. The number of hydrogen-bond donors (Lipinski definition) is 4. The van der Waals surface area contributed by atoms with E-state index in [0.29, 0.717) is 12.1 Å². The highest BCUT2D eigenvalue weighted by atomic mass is 16.3. The Morgan fingerprint density at radius 1 is 1.50 bits per heavy atom. The standard InChI is InChI=1S/C12H16N4O4/c1-12(3-17)2-6(8(18)9(12)19)16-5-15-7-10(16)13-4-14-11(7)20/h4-6,8-9,17-19H,2-3H2,1H3,(H,13,14,20)/t6-,8-,9-,12-/m1/s1. The summed E-state index contributed by atoms with van der Waals surface area (Å²) >= 11 is 0. The number of aromatic amines is 1. The Bertz CT molecular complexity index is 696. The number of H-pyrrole nitrogens is 1. The van der Waals surface area contributed by atoms with Gasteiger partial charge in [-0.25, -0.2) is 9.97 Å². The fourth-order valence-electron chi connectivity index (χ4n) is 2.87. The minimum atomic E-state index is -1.05. The van der Waals surface area contributed by atoms with Crippen molar-refractivity contribution in [1.29, 1.82) is 0 Å². The van der Waals surface area contributed by atoms with Crippen LogP contribution >= 0.6 is 0 Å². The molecular formula is C12H16N4O4. The number of aromatic nitrogens is 4. The van der Waals surface area contributed by atoms with E-state index in [4.69, 9.17) is 0 Å². The van der Waals surface area contributed by atoms with E-state index in [1.165, 1.54) is 12.7 Å². The molecule has 0 amide bonds. The predicted molar refractivity (Wildman–Crippen MR) is 69.0 cm³/mol. The molecule has 8 nitrogen and oxygen atoms in total. The van der Waals surface area contributed by atoms with Crippen LogP contribution in [0.1, 0.15) is 19.4 Å². The van der Waals surface area contributed by atoms with Crippen molar-refractivity contribution >= 4 is 11.2 Å². The van der Waals surface area contributed by atoms with E-state index >= 15 is 0 Å². The molecule has 0 radical (unpaired) electrons. The lowest BCUT2D eigenvalue weighted by molar-refractivity contribution is -0.0403. The SMILES string of the molecule is C[C@]1(CO)C[C@@H](n2cnc3c(=O)[nH]cnc32)[C@@H](O)[C@H]1O. The van der Waals surface area contributed by atoms with Crippen LogP contribution in [0.25, 0.3) is 11.2 Å². The maximum Gasteiger partial charge on any atom is 0.278 e. The van der Waals surface area contributed by atoms with Crippen molar-refractivity contribution in [2.24, 2.45) is 5.41 Å². The zero-order valence-corrected chi connectivity index (χ0v) is 10.9. The smallest absolute Gasteiger partial charge is 0.278 e. The second-order valence-corrected chi connectivity index (χ2v) is 5.57. The Kier molecular flexibility index (Phi) is 2.89. The molecule has 1 aliphatic rings. The quantitative estimate of drug-likeness (QED) is 0.547. The molecule has 3 rings (SSSR count). The molecule has 2 heterocycles. The van der Waals surface area contributed by atoms with Crippen LogP contribution in [0.4, 0.5) is 0 Å². The van der Waals surface area contributed by atoms with Gasteiger partial charge in [0.15, 0.2) is 11.2 Å². The molecule has 1 aliphatic carbocycles. The first-order valence-corrected chi connectivity index (χ1v) is 6.35. The van der Waals surface area contributed by atoms with Gasteiger partial charge in [-0.3, -0.25) is 4.79 Å². The average Bonchev–Trinajstić information content (AvgIpc) is 2.96. The summed E-state index contributed by atoms with van der Waals surface area (Å²) in [5.41, 5.74) is -0.604. The third-order valence-electron chi connectivity index (χ3n) is 4.19. The van der Waals surface area contributed by atoms with Gasteiger partial charge in [0.05, 0.1) is 31.4 Å². The minimum Gasteiger partial charge on any atom is -0.396 e. The van der Waals surface area contributed by atoms with Gasteiger partial charge in [0.1, 0.15) is 6.10 Å². The zero-order valence-electron chi connectivity index (χ0n) is 10.9. The van der Waals surface area contributed by atoms with Crippen LogP contribution in [-0.4, -0.2) is 53.7 Å². The normalized spacial score (nSPS) is 33.9. The number of aliphatic hydroxyl groups is 3. The highest BCUT2D eigenvalue weighted by molar-refractivity contribution is 5.69. The summed E-state index contributed by atoms with van der Waals surface area (Å²) in [5.74, 6) is 0. The van der Waals surface area contributed by atoms with Gasteiger partial charge in [-0.15, -0.1) is 0 Å². The molecule has 20 heavy (non-hydrogen) atoms. The molecule has 108 valence electrons. The second-order valence-electron chi connectivity index (χ2n) is 5.57. The maximum atomic E-state index is 11.6. The summed E-state index contributed by atoms with van der Waals surface area (Å²) in [4.78, 5) is 22.1. The minimum absolute atomic E-state index is 0.187. The summed E-state index contributed by atoms with van der Waals surface area (Å²) in [6.07, 6.45) is 0.969. The molecule has 0 aliphatic heterocycles. The molecule has 1 saturated carbocycles. The first-order valence-electron chi connectivity index (χ1n) is 6.35.